The number of nitrogens with two attached hydrogens (primary N) is 1. The molecule has 3 aliphatic rings. The zero-order chi connectivity index (χ0) is 25.3. The molecule has 1 aromatic rings. The molecule has 13 heteroatoms. The first-order valence-corrected chi connectivity index (χ1v) is 17.2. The van der Waals surface area contributed by atoms with Gasteiger partial charge in [0.1, 0.15) is 0 Å². The molecule has 0 unspecified atom stereocenters. The summed E-state index contributed by atoms with van der Waals surface area (Å²) in [5.41, 5.74) is 6.34. The Labute approximate surface area is 209 Å². The van der Waals surface area contributed by atoms with Crippen LogP contribution < -0.4 is 5.73 Å². The Morgan fingerprint density at radius 2 is 1.66 bits per heavy atom. The number of rotatable bonds is 7. The summed E-state index contributed by atoms with van der Waals surface area (Å²) in [6.45, 7) is 0.538. The molecular weight excluding hydrogens is 512 g/mol. The summed E-state index contributed by atoms with van der Waals surface area (Å²) in [4.78, 5) is 4.05. The van der Waals surface area contributed by atoms with Crippen LogP contribution in [0, 0.1) is 17.8 Å². The maximum Gasteiger partial charge on any atom is 0.282 e. The van der Waals surface area contributed by atoms with Gasteiger partial charge in [0.15, 0.2) is 24.7 Å². The third-order valence-corrected chi connectivity index (χ3v) is 13.0. The van der Waals surface area contributed by atoms with Crippen molar-refractivity contribution in [1.29, 1.82) is 0 Å². The summed E-state index contributed by atoms with van der Waals surface area (Å²) in [5.74, 6) is -0.478. The number of sulfone groups is 2. The summed E-state index contributed by atoms with van der Waals surface area (Å²) in [7, 11) is -10.9. The van der Waals surface area contributed by atoms with Crippen LogP contribution >= 0.6 is 0 Å². The molecule has 0 radical (unpaired) electrons. The number of piperidine rings is 1. The van der Waals surface area contributed by atoms with Gasteiger partial charge in [0.05, 0.1) is 17.3 Å². The lowest BCUT2D eigenvalue weighted by atomic mass is 9.75. The van der Waals surface area contributed by atoms with E-state index in [0.29, 0.717) is 24.4 Å². The number of hydrogen-bond donors (Lipinski definition) is 1. The quantitative estimate of drug-likeness (QED) is 0.526. The van der Waals surface area contributed by atoms with Gasteiger partial charge in [0.2, 0.25) is 0 Å². The van der Waals surface area contributed by atoms with Crippen molar-refractivity contribution in [2.45, 2.75) is 50.1 Å². The Bertz CT molecular complexity index is 1200. The van der Waals surface area contributed by atoms with Crippen LogP contribution in [0.4, 0.5) is 0 Å². The average molecular weight is 549 g/mol. The molecule has 2 saturated heterocycles. The molecule has 2 atom stereocenters. The van der Waals surface area contributed by atoms with Gasteiger partial charge in [-0.15, -0.1) is 0 Å². The molecule has 35 heavy (non-hydrogen) atoms. The Kier molecular flexibility index (Phi) is 8.23. The zero-order valence-corrected chi connectivity index (χ0v) is 22.4. The maximum atomic E-state index is 13.5. The molecule has 3 fully saturated rings. The molecule has 1 aliphatic carbocycles. The van der Waals surface area contributed by atoms with Gasteiger partial charge < -0.3 is 5.73 Å². The molecular formula is C22H36N4O6S3. The van der Waals surface area contributed by atoms with E-state index in [9.17, 15) is 25.3 Å². The van der Waals surface area contributed by atoms with Crippen LogP contribution in [-0.4, -0.2) is 82.3 Å². The van der Waals surface area contributed by atoms with Crippen molar-refractivity contribution < 1.29 is 25.3 Å². The molecule has 1 saturated carbocycles. The lowest BCUT2D eigenvalue weighted by Crippen LogP contribution is -2.55. The van der Waals surface area contributed by atoms with Crippen LogP contribution in [-0.2, 0) is 36.4 Å². The summed E-state index contributed by atoms with van der Waals surface area (Å²) in [5, 5.41) is -0.0316. The predicted molar refractivity (Wildman–Crippen MR) is 133 cm³/mol. The smallest absolute Gasteiger partial charge is 0.282 e. The molecule has 198 valence electrons. The van der Waals surface area contributed by atoms with Crippen molar-refractivity contribution in [3.63, 3.8) is 0 Å². The highest BCUT2D eigenvalue weighted by molar-refractivity contribution is 7.92. The van der Waals surface area contributed by atoms with E-state index < -0.39 is 29.9 Å². The van der Waals surface area contributed by atoms with Crippen LogP contribution in [0.3, 0.4) is 0 Å². The second-order valence-corrected chi connectivity index (χ2v) is 16.3. The van der Waals surface area contributed by atoms with E-state index in [-0.39, 0.29) is 60.3 Å². The largest absolute Gasteiger partial charge is 0.326 e. The Morgan fingerprint density at radius 1 is 0.971 bits per heavy atom. The molecule has 1 aromatic heterocycles. The van der Waals surface area contributed by atoms with Gasteiger partial charge in [-0.2, -0.15) is 17.0 Å². The second-order valence-electron chi connectivity index (χ2n) is 10.1. The van der Waals surface area contributed by atoms with E-state index in [1.54, 1.807) is 6.07 Å². The van der Waals surface area contributed by atoms with Crippen LogP contribution in [0.5, 0.6) is 0 Å². The fourth-order valence-corrected chi connectivity index (χ4v) is 10.5. The van der Waals surface area contributed by atoms with Crippen LogP contribution in [0.2, 0.25) is 0 Å². The van der Waals surface area contributed by atoms with Gasteiger partial charge in [0, 0.05) is 38.9 Å². The molecule has 0 spiro atoms. The van der Waals surface area contributed by atoms with E-state index >= 15 is 0 Å². The highest BCUT2D eigenvalue weighted by Crippen LogP contribution is 2.38. The van der Waals surface area contributed by atoms with Crippen molar-refractivity contribution in [3.05, 3.63) is 23.9 Å². The molecule has 2 N–H and O–H groups in total. The fraction of sp³-hybridized carbons (Fsp3) is 0.773. The topological polar surface area (TPSA) is 148 Å². The minimum atomic E-state index is -3.90. The van der Waals surface area contributed by atoms with Gasteiger partial charge in [-0.25, -0.2) is 21.8 Å². The molecule has 4 rings (SSSR count). The standard InChI is InChI=1S/C22H36N4O6S3/c23-14-18-6-7-24-22(13-18)34(29,30)17-19-12-21(20-4-2-1-3-5-20)16-26(15-19)35(31,32)25-8-10-33(27,28)11-9-25/h6-7,13,19-21H,1-5,8-12,14-17,23H2/t19-,21+/m0/s1. The van der Waals surface area contributed by atoms with Crippen LogP contribution in [0.1, 0.15) is 44.1 Å². The lowest BCUT2D eigenvalue weighted by Gasteiger charge is -2.43. The van der Waals surface area contributed by atoms with Crippen molar-refractivity contribution >= 4 is 29.9 Å². The first-order valence-electron chi connectivity index (χ1n) is 12.3. The third kappa shape index (κ3) is 6.42. The zero-order valence-electron chi connectivity index (χ0n) is 20.0. The predicted octanol–water partition coefficient (Wildman–Crippen LogP) is 0.808. The van der Waals surface area contributed by atoms with Crippen molar-refractivity contribution in [2.24, 2.45) is 23.5 Å². The van der Waals surface area contributed by atoms with E-state index in [0.717, 1.165) is 25.7 Å². The van der Waals surface area contributed by atoms with Gasteiger partial charge in [0.25, 0.3) is 10.2 Å². The summed E-state index contributed by atoms with van der Waals surface area (Å²) >= 11 is 0. The van der Waals surface area contributed by atoms with Crippen molar-refractivity contribution in [1.82, 2.24) is 13.6 Å². The van der Waals surface area contributed by atoms with E-state index in [2.05, 4.69) is 4.98 Å². The Hall–Kier alpha value is -1.12. The first-order chi connectivity index (χ1) is 16.5. The molecule has 0 aromatic carbocycles. The summed E-state index contributed by atoms with van der Waals surface area (Å²) < 4.78 is 79.8. The monoisotopic (exact) mass is 548 g/mol. The first kappa shape index (κ1) is 26.9. The molecule has 10 nitrogen and oxygen atoms in total. The van der Waals surface area contributed by atoms with Gasteiger partial charge in [-0.05, 0) is 41.9 Å². The van der Waals surface area contributed by atoms with Gasteiger partial charge >= 0.3 is 0 Å². The SMILES string of the molecule is NCc1ccnc(S(=O)(=O)C[C@H]2C[C@@H](C3CCCCC3)CN(S(=O)(=O)N3CCS(=O)(=O)CC3)C2)c1. The maximum absolute atomic E-state index is 13.5. The van der Waals surface area contributed by atoms with Crippen molar-refractivity contribution in [2.75, 3.05) is 43.4 Å². The number of hydrogen-bond acceptors (Lipinski definition) is 8. The van der Waals surface area contributed by atoms with Gasteiger partial charge in [-0.3, -0.25) is 0 Å². The van der Waals surface area contributed by atoms with Crippen molar-refractivity contribution in [3.8, 4) is 0 Å². The van der Waals surface area contributed by atoms with E-state index in [1.165, 1.54) is 27.3 Å². The minimum Gasteiger partial charge on any atom is -0.326 e. The van der Waals surface area contributed by atoms with E-state index in [1.807, 2.05) is 0 Å². The third-order valence-electron chi connectivity index (χ3n) is 7.62. The summed E-state index contributed by atoms with van der Waals surface area (Å²) in [6, 6.07) is 3.16. The lowest BCUT2D eigenvalue weighted by molar-refractivity contribution is 0.128. The fourth-order valence-electron chi connectivity index (χ4n) is 5.69. The second kappa shape index (κ2) is 10.7. The molecule has 2 aliphatic heterocycles. The Balaban J connectivity index is 1.57. The average Bonchev–Trinajstić information content (AvgIpc) is 2.84. The molecule has 0 amide bonds. The van der Waals surface area contributed by atoms with Gasteiger partial charge in [-0.1, -0.05) is 32.1 Å². The van der Waals surface area contributed by atoms with Crippen LogP contribution in [0.25, 0.3) is 0 Å². The van der Waals surface area contributed by atoms with Crippen LogP contribution in [0.15, 0.2) is 23.4 Å². The number of nitrogens with zero attached hydrogens (tertiary/aromatic N) is 3. The molecule has 0 bridgehead atoms. The summed E-state index contributed by atoms with van der Waals surface area (Å²) in [6.07, 6.45) is 7.53. The number of pyridine rings is 1. The highest BCUT2D eigenvalue weighted by atomic mass is 32.2. The van der Waals surface area contributed by atoms with E-state index in [4.69, 9.17) is 5.73 Å². The molecule has 3 heterocycles. The Morgan fingerprint density at radius 3 is 2.31 bits per heavy atom. The number of aromatic nitrogens is 1. The highest BCUT2D eigenvalue weighted by Gasteiger charge is 2.42. The normalized spacial score (nSPS) is 27.6. The minimum absolute atomic E-state index is 0.0316.